The molecule has 0 aliphatic heterocycles. The van der Waals surface area contributed by atoms with Gasteiger partial charge in [-0.2, -0.15) is 0 Å². The van der Waals surface area contributed by atoms with Crippen molar-refractivity contribution in [1.29, 1.82) is 0 Å². The van der Waals surface area contributed by atoms with Gasteiger partial charge in [0.2, 0.25) is 0 Å². The number of phenolic OH excluding ortho intramolecular Hbond substituents is 1. The summed E-state index contributed by atoms with van der Waals surface area (Å²) in [7, 11) is 0. The number of nitrogens with two attached hydrogens (primary N) is 1. The number of benzene rings is 2. The first kappa shape index (κ1) is 21.8. The van der Waals surface area contributed by atoms with Crippen LogP contribution in [0.25, 0.3) is 0 Å². The zero-order chi connectivity index (χ0) is 20.1. The minimum atomic E-state index is -0.709. The van der Waals surface area contributed by atoms with E-state index in [0.717, 1.165) is 12.8 Å². The Bertz CT molecular complexity index is 727. The first-order chi connectivity index (χ1) is 12.7. The highest BCUT2D eigenvalue weighted by atomic mass is 35.5. The highest BCUT2D eigenvalue weighted by molar-refractivity contribution is 6.38. The molecule has 0 amide bonds. The number of anilines is 1. The summed E-state index contributed by atoms with van der Waals surface area (Å²) in [6, 6.07) is 11.2. The van der Waals surface area contributed by atoms with Crippen LogP contribution in [0.3, 0.4) is 0 Å². The average molecular weight is 411 g/mol. The van der Waals surface area contributed by atoms with E-state index in [1.165, 1.54) is 5.56 Å². The van der Waals surface area contributed by atoms with Crippen molar-refractivity contribution in [2.75, 3.05) is 12.3 Å². The molecule has 0 aromatic heterocycles. The van der Waals surface area contributed by atoms with Gasteiger partial charge in [0.1, 0.15) is 5.75 Å². The summed E-state index contributed by atoms with van der Waals surface area (Å²) >= 11 is 12.2. The SMILES string of the molecule is CC(C)N(CC(O)c1cc(Cl)c(N)c(Cl)c1)C(C)CCc1ccc(O)cc1. The van der Waals surface area contributed by atoms with Crippen molar-refractivity contribution < 1.29 is 10.2 Å². The van der Waals surface area contributed by atoms with E-state index in [1.54, 1.807) is 24.3 Å². The summed E-state index contributed by atoms with van der Waals surface area (Å²) in [5.74, 6) is 0.277. The molecule has 0 saturated heterocycles. The number of nitrogen functional groups attached to an aromatic ring is 1. The van der Waals surface area contributed by atoms with E-state index < -0.39 is 6.10 Å². The van der Waals surface area contributed by atoms with Gasteiger partial charge in [-0.1, -0.05) is 35.3 Å². The van der Waals surface area contributed by atoms with Crippen LogP contribution in [0.5, 0.6) is 5.75 Å². The maximum absolute atomic E-state index is 10.7. The van der Waals surface area contributed by atoms with Crippen LogP contribution in [-0.4, -0.2) is 33.7 Å². The maximum atomic E-state index is 10.7. The number of hydrogen-bond donors (Lipinski definition) is 3. The molecule has 27 heavy (non-hydrogen) atoms. The minimum absolute atomic E-state index is 0.271. The van der Waals surface area contributed by atoms with E-state index in [1.807, 2.05) is 12.1 Å². The molecular formula is C21H28Cl2N2O2. The predicted octanol–water partition coefficient (Wildman–Crippen LogP) is 5.05. The number of aromatic hydroxyl groups is 1. The number of phenols is 1. The Hall–Kier alpha value is -1.46. The molecule has 2 rings (SSSR count). The van der Waals surface area contributed by atoms with Crippen molar-refractivity contribution >= 4 is 28.9 Å². The van der Waals surface area contributed by atoms with Crippen LogP contribution in [-0.2, 0) is 6.42 Å². The summed E-state index contributed by atoms with van der Waals surface area (Å²) in [6.45, 7) is 6.88. The molecule has 2 atom stereocenters. The molecule has 0 aliphatic rings. The molecule has 4 nitrogen and oxygen atoms in total. The fourth-order valence-corrected chi connectivity index (χ4v) is 3.71. The highest BCUT2D eigenvalue weighted by Gasteiger charge is 2.22. The third-order valence-electron chi connectivity index (χ3n) is 4.89. The van der Waals surface area contributed by atoms with Gasteiger partial charge in [-0.3, -0.25) is 4.90 Å². The van der Waals surface area contributed by atoms with Crippen molar-refractivity contribution in [1.82, 2.24) is 4.90 Å². The summed E-state index contributed by atoms with van der Waals surface area (Å²) in [5.41, 5.74) is 7.96. The fourth-order valence-electron chi connectivity index (χ4n) is 3.21. The Balaban J connectivity index is 2.04. The fraction of sp³-hybridized carbons (Fsp3) is 0.429. The van der Waals surface area contributed by atoms with Gasteiger partial charge in [0, 0.05) is 18.6 Å². The van der Waals surface area contributed by atoms with Gasteiger partial charge < -0.3 is 15.9 Å². The second-order valence-electron chi connectivity index (χ2n) is 7.26. The topological polar surface area (TPSA) is 69.7 Å². The number of hydrogen-bond acceptors (Lipinski definition) is 4. The van der Waals surface area contributed by atoms with Crippen molar-refractivity contribution in [3.8, 4) is 5.75 Å². The zero-order valence-electron chi connectivity index (χ0n) is 16.0. The largest absolute Gasteiger partial charge is 0.508 e. The van der Waals surface area contributed by atoms with Gasteiger partial charge in [0.15, 0.2) is 0 Å². The number of aliphatic hydroxyl groups is 1. The molecule has 4 N–H and O–H groups in total. The summed E-state index contributed by atoms with van der Waals surface area (Å²) < 4.78 is 0. The Kier molecular flexibility index (Phi) is 7.80. The van der Waals surface area contributed by atoms with Crippen molar-refractivity contribution in [3.05, 3.63) is 57.6 Å². The number of rotatable bonds is 8. The third-order valence-corrected chi connectivity index (χ3v) is 5.51. The van der Waals surface area contributed by atoms with Crippen molar-refractivity contribution in [2.24, 2.45) is 0 Å². The Labute approximate surface area is 171 Å². The number of halogens is 2. The lowest BCUT2D eigenvalue weighted by atomic mass is 10.0. The molecule has 2 aromatic carbocycles. The molecule has 0 bridgehead atoms. The molecule has 0 fully saturated rings. The standard InChI is InChI=1S/C21H28Cl2N2O2/c1-13(2)25(14(3)4-5-15-6-8-17(26)9-7-15)12-20(27)16-10-18(22)21(24)19(23)11-16/h6-11,13-14,20,26-27H,4-5,12,24H2,1-3H3. The molecule has 0 spiro atoms. The average Bonchev–Trinajstić information content (AvgIpc) is 2.62. The van der Waals surface area contributed by atoms with E-state index in [2.05, 4.69) is 25.7 Å². The van der Waals surface area contributed by atoms with Gasteiger partial charge in [-0.15, -0.1) is 0 Å². The van der Waals surface area contributed by atoms with Gasteiger partial charge in [-0.05, 0) is 69.0 Å². The van der Waals surface area contributed by atoms with Crippen LogP contribution in [0.4, 0.5) is 5.69 Å². The molecule has 0 heterocycles. The van der Waals surface area contributed by atoms with E-state index in [0.29, 0.717) is 27.8 Å². The summed E-state index contributed by atoms with van der Waals surface area (Å²) in [6.07, 6.45) is 1.14. The minimum Gasteiger partial charge on any atom is -0.508 e. The molecule has 0 saturated carbocycles. The van der Waals surface area contributed by atoms with Gasteiger partial charge >= 0.3 is 0 Å². The lowest BCUT2D eigenvalue weighted by Gasteiger charge is -2.34. The number of nitrogens with zero attached hydrogens (tertiary/aromatic N) is 1. The number of aryl methyl sites for hydroxylation is 1. The van der Waals surface area contributed by atoms with Crippen LogP contribution >= 0.6 is 23.2 Å². The van der Waals surface area contributed by atoms with Crippen LogP contribution in [0.15, 0.2) is 36.4 Å². The second-order valence-corrected chi connectivity index (χ2v) is 8.07. The van der Waals surface area contributed by atoms with Crippen molar-refractivity contribution in [3.63, 3.8) is 0 Å². The van der Waals surface area contributed by atoms with E-state index in [4.69, 9.17) is 28.9 Å². The molecule has 2 aromatic rings. The molecule has 6 heteroatoms. The first-order valence-corrected chi connectivity index (χ1v) is 9.90. The lowest BCUT2D eigenvalue weighted by molar-refractivity contribution is 0.0679. The van der Waals surface area contributed by atoms with Gasteiger partial charge in [0.25, 0.3) is 0 Å². The van der Waals surface area contributed by atoms with E-state index in [9.17, 15) is 10.2 Å². The monoisotopic (exact) mass is 410 g/mol. The molecule has 0 aliphatic carbocycles. The van der Waals surface area contributed by atoms with Gasteiger partial charge in [0.05, 0.1) is 21.8 Å². The van der Waals surface area contributed by atoms with Crippen LogP contribution in [0.2, 0.25) is 10.0 Å². The summed E-state index contributed by atoms with van der Waals surface area (Å²) in [4.78, 5) is 2.27. The van der Waals surface area contributed by atoms with Crippen LogP contribution < -0.4 is 5.73 Å². The smallest absolute Gasteiger partial charge is 0.115 e. The summed E-state index contributed by atoms with van der Waals surface area (Å²) in [5, 5.41) is 20.8. The highest BCUT2D eigenvalue weighted by Crippen LogP contribution is 2.32. The number of aliphatic hydroxyl groups excluding tert-OH is 1. The predicted molar refractivity (Wildman–Crippen MR) is 114 cm³/mol. The maximum Gasteiger partial charge on any atom is 0.115 e. The van der Waals surface area contributed by atoms with E-state index in [-0.39, 0.29) is 17.8 Å². The third kappa shape index (κ3) is 6.01. The van der Waals surface area contributed by atoms with Crippen LogP contribution in [0, 0.1) is 0 Å². The quantitative estimate of drug-likeness (QED) is 0.532. The van der Waals surface area contributed by atoms with Crippen LogP contribution in [0.1, 0.15) is 44.4 Å². The Morgan fingerprint density at radius 1 is 1.04 bits per heavy atom. The molecule has 0 radical (unpaired) electrons. The Morgan fingerprint density at radius 3 is 2.11 bits per heavy atom. The normalized spacial score (nSPS) is 13.9. The zero-order valence-corrected chi connectivity index (χ0v) is 17.5. The molecule has 2 unspecified atom stereocenters. The van der Waals surface area contributed by atoms with Gasteiger partial charge in [-0.25, -0.2) is 0 Å². The second kappa shape index (κ2) is 9.65. The van der Waals surface area contributed by atoms with Crippen molar-refractivity contribution in [2.45, 2.75) is 51.8 Å². The first-order valence-electron chi connectivity index (χ1n) is 9.15. The lowest BCUT2D eigenvalue weighted by Crippen LogP contribution is -2.41. The Morgan fingerprint density at radius 2 is 1.59 bits per heavy atom. The molecule has 148 valence electrons. The molecular weight excluding hydrogens is 383 g/mol. The van der Waals surface area contributed by atoms with E-state index >= 15 is 0 Å².